The van der Waals surface area contributed by atoms with E-state index in [1.54, 1.807) is 60.8 Å². The molecular formula is C19H13ClN2O2. The Morgan fingerprint density at radius 3 is 2.38 bits per heavy atom. The molecule has 3 rings (SSSR count). The Morgan fingerprint density at radius 2 is 1.67 bits per heavy atom. The van der Waals surface area contributed by atoms with Gasteiger partial charge < -0.3 is 5.32 Å². The molecule has 0 fully saturated rings. The van der Waals surface area contributed by atoms with Gasteiger partial charge in [0.1, 0.15) is 5.69 Å². The van der Waals surface area contributed by atoms with Crippen molar-refractivity contribution < 1.29 is 9.59 Å². The summed E-state index contributed by atoms with van der Waals surface area (Å²) < 4.78 is 0. The molecule has 4 nitrogen and oxygen atoms in total. The van der Waals surface area contributed by atoms with E-state index in [9.17, 15) is 9.59 Å². The molecule has 1 N–H and O–H groups in total. The van der Waals surface area contributed by atoms with Gasteiger partial charge in [0.05, 0.1) is 5.69 Å². The molecule has 118 valence electrons. The predicted molar refractivity (Wildman–Crippen MR) is 93.5 cm³/mol. The van der Waals surface area contributed by atoms with Crippen LogP contribution in [0, 0.1) is 0 Å². The lowest BCUT2D eigenvalue weighted by Gasteiger charge is -2.11. The molecule has 1 aromatic heterocycles. The molecule has 1 amide bonds. The lowest BCUT2D eigenvalue weighted by atomic mass is 10.0. The van der Waals surface area contributed by atoms with E-state index in [-0.39, 0.29) is 17.4 Å². The first-order chi connectivity index (χ1) is 11.6. The van der Waals surface area contributed by atoms with Gasteiger partial charge in [-0.25, -0.2) is 0 Å². The molecule has 0 spiro atoms. The summed E-state index contributed by atoms with van der Waals surface area (Å²) in [4.78, 5) is 29.1. The number of ketones is 1. The number of carbonyl (C=O) groups excluding carboxylic acids is 2. The molecular weight excluding hydrogens is 324 g/mol. The zero-order chi connectivity index (χ0) is 16.9. The number of halogens is 1. The second kappa shape index (κ2) is 7.06. The molecule has 0 radical (unpaired) electrons. The molecule has 2 aromatic carbocycles. The summed E-state index contributed by atoms with van der Waals surface area (Å²) in [5.74, 6) is -0.602. The molecule has 0 aliphatic carbocycles. The van der Waals surface area contributed by atoms with Gasteiger partial charge in [0.25, 0.3) is 5.91 Å². The smallest absolute Gasteiger partial charge is 0.255 e. The number of nitrogens with one attached hydrogen (secondary N) is 1. The third-order valence-corrected chi connectivity index (χ3v) is 3.64. The average Bonchev–Trinajstić information content (AvgIpc) is 2.64. The summed E-state index contributed by atoms with van der Waals surface area (Å²) in [6.45, 7) is 0. The van der Waals surface area contributed by atoms with E-state index in [1.807, 2.05) is 6.07 Å². The van der Waals surface area contributed by atoms with Crippen LogP contribution in [0.15, 0.2) is 72.9 Å². The van der Waals surface area contributed by atoms with Gasteiger partial charge in [-0.3, -0.25) is 14.6 Å². The Labute approximate surface area is 144 Å². The van der Waals surface area contributed by atoms with Crippen LogP contribution in [0.25, 0.3) is 0 Å². The lowest BCUT2D eigenvalue weighted by molar-refractivity contribution is 0.102. The Bertz CT molecular complexity index is 880. The Balaban J connectivity index is 1.94. The topological polar surface area (TPSA) is 59.1 Å². The van der Waals surface area contributed by atoms with Crippen molar-refractivity contribution in [1.29, 1.82) is 0 Å². The molecule has 1 heterocycles. The minimum atomic E-state index is -0.304. The molecule has 0 saturated carbocycles. The van der Waals surface area contributed by atoms with Crippen LogP contribution in [0.2, 0.25) is 5.02 Å². The summed E-state index contributed by atoms with van der Waals surface area (Å²) in [6.07, 6.45) is 1.54. The normalized spacial score (nSPS) is 10.2. The highest BCUT2D eigenvalue weighted by Crippen LogP contribution is 2.23. The van der Waals surface area contributed by atoms with E-state index in [0.29, 0.717) is 21.8 Å². The fourth-order valence-corrected chi connectivity index (χ4v) is 2.40. The second-order valence-electron chi connectivity index (χ2n) is 5.05. The highest BCUT2D eigenvalue weighted by atomic mass is 35.5. The van der Waals surface area contributed by atoms with Gasteiger partial charge in [-0.15, -0.1) is 0 Å². The van der Waals surface area contributed by atoms with Gasteiger partial charge in [0.15, 0.2) is 0 Å². The Morgan fingerprint density at radius 1 is 0.917 bits per heavy atom. The first-order valence-electron chi connectivity index (χ1n) is 7.27. The average molecular weight is 337 g/mol. The minimum absolute atomic E-state index is 0.287. The fraction of sp³-hybridized carbons (Fsp3) is 0. The van der Waals surface area contributed by atoms with Crippen LogP contribution in [0.5, 0.6) is 0 Å². The Hall–Kier alpha value is -2.98. The van der Waals surface area contributed by atoms with E-state index >= 15 is 0 Å². The summed E-state index contributed by atoms with van der Waals surface area (Å²) in [6, 6.07) is 18.6. The number of aromatic nitrogens is 1. The van der Waals surface area contributed by atoms with Crippen molar-refractivity contribution in [3.63, 3.8) is 0 Å². The van der Waals surface area contributed by atoms with Crippen molar-refractivity contribution in [2.24, 2.45) is 0 Å². The summed E-state index contributed by atoms with van der Waals surface area (Å²) in [7, 11) is 0. The standard InChI is InChI=1S/C19H13ClN2O2/c20-14-9-10-16(22-19(24)13-6-2-1-3-7-13)15(12-14)18(23)17-8-4-5-11-21-17/h1-12H,(H,22,24). The summed E-state index contributed by atoms with van der Waals surface area (Å²) in [5.41, 5.74) is 1.48. The number of hydrogen-bond acceptors (Lipinski definition) is 3. The zero-order valence-electron chi connectivity index (χ0n) is 12.6. The highest BCUT2D eigenvalue weighted by molar-refractivity contribution is 6.31. The van der Waals surface area contributed by atoms with Crippen LogP contribution in [0.4, 0.5) is 5.69 Å². The van der Waals surface area contributed by atoms with E-state index < -0.39 is 0 Å². The summed E-state index contributed by atoms with van der Waals surface area (Å²) >= 11 is 6.02. The first kappa shape index (κ1) is 15.9. The van der Waals surface area contributed by atoms with Gasteiger partial charge in [-0.1, -0.05) is 35.9 Å². The third kappa shape index (κ3) is 3.50. The number of rotatable bonds is 4. The fourth-order valence-electron chi connectivity index (χ4n) is 2.23. The number of anilines is 1. The van der Waals surface area contributed by atoms with Crippen LogP contribution in [0.3, 0.4) is 0 Å². The summed E-state index contributed by atoms with van der Waals surface area (Å²) in [5, 5.41) is 3.17. The SMILES string of the molecule is O=C(Nc1ccc(Cl)cc1C(=O)c1ccccn1)c1ccccc1. The van der Waals surface area contributed by atoms with E-state index in [2.05, 4.69) is 10.3 Å². The molecule has 0 aliphatic rings. The van der Waals surface area contributed by atoms with Crippen LogP contribution in [-0.4, -0.2) is 16.7 Å². The lowest BCUT2D eigenvalue weighted by Crippen LogP contribution is -2.15. The molecule has 0 bridgehead atoms. The number of amides is 1. The maximum absolute atomic E-state index is 12.7. The number of pyridine rings is 1. The van der Waals surface area contributed by atoms with Crippen molar-refractivity contribution in [3.8, 4) is 0 Å². The molecule has 0 aliphatic heterocycles. The van der Waals surface area contributed by atoms with E-state index in [0.717, 1.165) is 0 Å². The quantitative estimate of drug-likeness (QED) is 0.726. The van der Waals surface area contributed by atoms with Crippen molar-refractivity contribution in [3.05, 3.63) is 94.8 Å². The molecule has 0 saturated heterocycles. The number of benzene rings is 2. The largest absolute Gasteiger partial charge is 0.321 e. The van der Waals surface area contributed by atoms with Crippen LogP contribution >= 0.6 is 11.6 Å². The number of hydrogen-bond donors (Lipinski definition) is 1. The maximum atomic E-state index is 12.7. The van der Waals surface area contributed by atoms with Gasteiger partial charge in [0.2, 0.25) is 5.78 Å². The van der Waals surface area contributed by atoms with Crippen LogP contribution < -0.4 is 5.32 Å². The van der Waals surface area contributed by atoms with Crippen molar-refractivity contribution in [2.75, 3.05) is 5.32 Å². The maximum Gasteiger partial charge on any atom is 0.255 e. The molecule has 0 unspecified atom stereocenters. The number of nitrogens with zero attached hydrogens (tertiary/aromatic N) is 1. The van der Waals surface area contributed by atoms with E-state index in [1.165, 1.54) is 6.07 Å². The van der Waals surface area contributed by atoms with Crippen molar-refractivity contribution >= 4 is 29.0 Å². The third-order valence-electron chi connectivity index (χ3n) is 3.41. The molecule has 5 heteroatoms. The predicted octanol–water partition coefficient (Wildman–Crippen LogP) is 4.22. The minimum Gasteiger partial charge on any atom is -0.321 e. The second-order valence-corrected chi connectivity index (χ2v) is 5.49. The van der Waals surface area contributed by atoms with Gasteiger partial charge >= 0.3 is 0 Å². The van der Waals surface area contributed by atoms with Crippen LogP contribution in [-0.2, 0) is 0 Å². The Kier molecular flexibility index (Phi) is 4.68. The van der Waals surface area contributed by atoms with Crippen molar-refractivity contribution in [1.82, 2.24) is 4.98 Å². The van der Waals surface area contributed by atoms with Gasteiger partial charge in [-0.2, -0.15) is 0 Å². The first-order valence-corrected chi connectivity index (χ1v) is 7.64. The van der Waals surface area contributed by atoms with E-state index in [4.69, 9.17) is 11.6 Å². The zero-order valence-corrected chi connectivity index (χ0v) is 13.3. The molecule has 24 heavy (non-hydrogen) atoms. The molecule has 3 aromatic rings. The number of carbonyl (C=O) groups is 2. The van der Waals surface area contributed by atoms with Gasteiger partial charge in [-0.05, 0) is 42.5 Å². The monoisotopic (exact) mass is 336 g/mol. The van der Waals surface area contributed by atoms with Crippen molar-refractivity contribution in [2.45, 2.75) is 0 Å². The van der Waals surface area contributed by atoms with Gasteiger partial charge in [0, 0.05) is 22.3 Å². The highest BCUT2D eigenvalue weighted by Gasteiger charge is 2.17. The molecule has 0 atom stereocenters. The van der Waals surface area contributed by atoms with Crippen LogP contribution in [0.1, 0.15) is 26.4 Å².